The zero-order valence-electron chi connectivity index (χ0n) is 20.1. The molecule has 1 saturated heterocycles. The van der Waals surface area contributed by atoms with Gasteiger partial charge in [0.15, 0.2) is 0 Å². The lowest BCUT2D eigenvalue weighted by molar-refractivity contribution is 0.0746. The number of halogens is 2. The minimum absolute atomic E-state index is 0.0506. The number of anilines is 2. The van der Waals surface area contributed by atoms with Gasteiger partial charge in [0.1, 0.15) is 11.6 Å². The highest BCUT2D eigenvalue weighted by Gasteiger charge is 2.28. The van der Waals surface area contributed by atoms with Crippen LogP contribution in [0.5, 0.6) is 0 Å². The smallest absolute Gasteiger partial charge is 0.303 e. The van der Waals surface area contributed by atoms with Crippen molar-refractivity contribution in [3.05, 3.63) is 95.6 Å². The average Bonchev–Trinajstić information content (AvgIpc) is 2.88. The van der Waals surface area contributed by atoms with E-state index in [-0.39, 0.29) is 24.0 Å². The van der Waals surface area contributed by atoms with Gasteiger partial charge >= 0.3 is 10.2 Å². The number of carbonyl (C=O) groups excluding carboxylic acids is 1. The van der Waals surface area contributed by atoms with Crippen LogP contribution >= 0.6 is 0 Å². The van der Waals surface area contributed by atoms with Crippen molar-refractivity contribution in [2.45, 2.75) is 6.54 Å². The maximum Gasteiger partial charge on any atom is 0.303 e. The summed E-state index contributed by atoms with van der Waals surface area (Å²) in [5.74, 6) is -1.05. The molecule has 10 heteroatoms. The molecule has 0 aromatic heterocycles. The highest BCUT2D eigenvalue weighted by Crippen LogP contribution is 2.26. The van der Waals surface area contributed by atoms with Crippen LogP contribution in [0.4, 0.5) is 20.2 Å². The van der Waals surface area contributed by atoms with E-state index in [4.69, 9.17) is 0 Å². The van der Waals surface area contributed by atoms with Gasteiger partial charge in [-0.2, -0.15) is 12.7 Å². The van der Waals surface area contributed by atoms with E-state index in [0.717, 1.165) is 14.3 Å². The van der Waals surface area contributed by atoms with E-state index in [1.54, 1.807) is 47.4 Å². The van der Waals surface area contributed by atoms with Gasteiger partial charge in [-0.25, -0.2) is 8.78 Å². The van der Waals surface area contributed by atoms with Crippen LogP contribution in [0.2, 0.25) is 0 Å². The molecule has 36 heavy (non-hydrogen) atoms. The lowest BCUT2D eigenvalue weighted by Gasteiger charge is -2.36. The first-order chi connectivity index (χ1) is 17.2. The molecule has 3 aromatic carbocycles. The fourth-order valence-corrected chi connectivity index (χ4v) is 5.17. The Balaban J connectivity index is 1.45. The maximum absolute atomic E-state index is 14.5. The quantitative estimate of drug-likeness (QED) is 0.482. The van der Waals surface area contributed by atoms with Gasteiger partial charge in [-0.15, -0.1) is 0 Å². The van der Waals surface area contributed by atoms with E-state index < -0.39 is 16.0 Å². The molecule has 0 bridgehead atoms. The van der Waals surface area contributed by atoms with Gasteiger partial charge in [-0.3, -0.25) is 9.10 Å². The molecule has 0 saturated carbocycles. The van der Waals surface area contributed by atoms with Crippen LogP contribution in [-0.4, -0.2) is 63.8 Å². The molecule has 4 rings (SSSR count). The first kappa shape index (κ1) is 25.6. The monoisotopic (exact) mass is 514 g/mol. The van der Waals surface area contributed by atoms with Crippen molar-refractivity contribution in [1.29, 1.82) is 0 Å². The van der Waals surface area contributed by atoms with E-state index in [1.165, 1.54) is 44.4 Å². The van der Waals surface area contributed by atoms with Crippen molar-refractivity contribution >= 4 is 27.5 Å². The number of carbonyl (C=O) groups is 1. The fraction of sp³-hybridized carbons (Fsp3) is 0.269. The summed E-state index contributed by atoms with van der Waals surface area (Å²) in [4.78, 5) is 16.9. The summed E-state index contributed by atoms with van der Waals surface area (Å²) in [6.07, 6.45) is 0. The number of benzene rings is 3. The molecule has 1 fully saturated rings. The Labute approximate surface area is 210 Å². The third kappa shape index (κ3) is 5.50. The molecule has 0 unspecified atom stereocenters. The molecule has 1 aliphatic heterocycles. The number of hydrogen-bond acceptors (Lipinski definition) is 4. The van der Waals surface area contributed by atoms with Gasteiger partial charge in [0, 0.05) is 51.5 Å². The van der Waals surface area contributed by atoms with E-state index in [9.17, 15) is 22.0 Å². The summed E-state index contributed by atoms with van der Waals surface area (Å²) in [5, 5.41) is 0. The van der Waals surface area contributed by atoms with Crippen LogP contribution < -0.4 is 9.21 Å². The summed E-state index contributed by atoms with van der Waals surface area (Å²) in [5.41, 5.74) is 1.97. The van der Waals surface area contributed by atoms with Crippen molar-refractivity contribution in [2.75, 3.05) is 49.5 Å². The lowest BCUT2D eigenvalue weighted by atomic mass is 10.1. The zero-order chi connectivity index (χ0) is 25.9. The van der Waals surface area contributed by atoms with Crippen LogP contribution in [-0.2, 0) is 16.8 Å². The highest BCUT2D eigenvalue weighted by atomic mass is 32.2. The van der Waals surface area contributed by atoms with Gasteiger partial charge in [0.2, 0.25) is 0 Å². The normalized spacial score (nSPS) is 14.2. The minimum Gasteiger partial charge on any atom is -0.368 e. The zero-order valence-corrected chi connectivity index (χ0v) is 21.0. The summed E-state index contributed by atoms with van der Waals surface area (Å²) >= 11 is 0. The number of hydrogen-bond donors (Lipinski definition) is 0. The van der Waals surface area contributed by atoms with E-state index in [2.05, 4.69) is 4.90 Å². The van der Waals surface area contributed by atoms with Crippen molar-refractivity contribution < 1.29 is 22.0 Å². The number of nitrogens with zero attached hydrogens (tertiary/aromatic N) is 4. The first-order valence-corrected chi connectivity index (χ1v) is 12.9. The summed E-state index contributed by atoms with van der Waals surface area (Å²) < 4.78 is 55.5. The first-order valence-electron chi connectivity index (χ1n) is 11.5. The van der Waals surface area contributed by atoms with Gasteiger partial charge < -0.3 is 9.80 Å². The van der Waals surface area contributed by atoms with Crippen LogP contribution in [0, 0.1) is 11.6 Å². The molecule has 1 amide bonds. The topological polar surface area (TPSA) is 64.2 Å². The second kappa shape index (κ2) is 10.6. The molecule has 3 aromatic rings. The average molecular weight is 515 g/mol. The number of amides is 1. The molecule has 1 heterocycles. The summed E-state index contributed by atoms with van der Waals surface area (Å²) in [6, 6.07) is 18.7. The molecule has 1 aliphatic rings. The molecule has 7 nitrogen and oxygen atoms in total. The van der Waals surface area contributed by atoms with E-state index >= 15 is 0 Å². The molecular formula is C26H28F2N4O3S. The Kier molecular flexibility index (Phi) is 7.56. The Bertz CT molecular complexity index is 1310. The highest BCUT2D eigenvalue weighted by molar-refractivity contribution is 7.90. The van der Waals surface area contributed by atoms with Crippen LogP contribution in [0.15, 0.2) is 72.8 Å². The SMILES string of the molecule is CN(C)S(=O)(=O)N(Cc1ccc(C(=O)N2CCN(c3ccc(F)cc3)CC2)cc1)c1ccccc1F. The van der Waals surface area contributed by atoms with Crippen LogP contribution in [0.3, 0.4) is 0 Å². The number of rotatable bonds is 7. The van der Waals surface area contributed by atoms with Crippen molar-refractivity contribution in [3.63, 3.8) is 0 Å². The van der Waals surface area contributed by atoms with Gasteiger partial charge in [0.05, 0.1) is 12.2 Å². The third-order valence-electron chi connectivity index (χ3n) is 6.15. The molecule has 0 aliphatic carbocycles. The third-order valence-corrected chi connectivity index (χ3v) is 7.95. The van der Waals surface area contributed by atoms with Crippen molar-refractivity contribution in [3.8, 4) is 0 Å². The minimum atomic E-state index is -3.96. The van der Waals surface area contributed by atoms with E-state index in [0.29, 0.717) is 37.3 Å². The largest absolute Gasteiger partial charge is 0.368 e. The predicted molar refractivity (Wildman–Crippen MR) is 136 cm³/mol. The van der Waals surface area contributed by atoms with Crippen molar-refractivity contribution in [2.24, 2.45) is 0 Å². The number of para-hydroxylation sites is 1. The Morgan fingerprint density at radius 3 is 2.06 bits per heavy atom. The van der Waals surface area contributed by atoms with Crippen molar-refractivity contribution in [1.82, 2.24) is 9.21 Å². The van der Waals surface area contributed by atoms with Crippen LogP contribution in [0.25, 0.3) is 0 Å². The van der Waals surface area contributed by atoms with Crippen LogP contribution in [0.1, 0.15) is 15.9 Å². The molecule has 0 atom stereocenters. The molecule has 0 spiro atoms. The second-order valence-corrected chi connectivity index (χ2v) is 10.8. The summed E-state index contributed by atoms with van der Waals surface area (Å²) in [6.45, 7) is 2.23. The molecule has 0 radical (unpaired) electrons. The standard InChI is InChI=1S/C26H28F2N4O3S/c1-29(2)36(34,35)32(25-6-4-3-5-24(25)28)19-20-7-9-21(10-8-20)26(33)31-17-15-30(16-18-31)23-13-11-22(27)12-14-23/h3-14H,15-19H2,1-2H3. The molecular weight excluding hydrogens is 486 g/mol. The lowest BCUT2D eigenvalue weighted by Crippen LogP contribution is -2.48. The Morgan fingerprint density at radius 1 is 0.861 bits per heavy atom. The Morgan fingerprint density at radius 2 is 1.47 bits per heavy atom. The fourth-order valence-electron chi connectivity index (χ4n) is 4.06. The van der Waals surface area contributed by atoms with E-state index in [1.807, 2.05) is 0 Å². The maximum atomic E-state index is 14.5. The predicted octanol–water partition coefficient (Wildman–Crippen LogP) is 3.74. The molecule has 190 valence electrons. The van der Waals surface area contributed by atoms with Gasteiger partial charge in [0.25, 0.3) is 5.91 Å². The summed E-state index contributed by atoms with van der Waals surface area (Å²) in [7, 11) is -1.18. The number of piperazine rings is 1. The van der Waals surface area contributed by atoms with Gasteiger partial charge in [-0.1, -0.05) is 24.3 Å². The Hall–Kier alpha value is -3.50. The van der Waals surface area contributed by atoms with Gasteiger partial charge in [-0.05, 0) is 54.1 Å². The molecule has 0 N–H and O–H groups in total. The second-order valence-electron chi connectivity index (χ2n) is 8.70.